The van der Waals surface area contributed by atoms with Crippen molar-refractivity contribution in [3.8, 4) is 0 Å². The highest BCUT2D eigenvalue weighted by molar-refractivity contribution is 7.80. The minimum absolute atomic E-state index is 0.840. The quantitative estimate of drug-likeness (QED) is 0.727. The molecule has 0 aliphatic heterocycles. The zero-order valence-electron chi connectivity index (χ0n) is 9.60. The van der Waals surface area contributed by atoms with E-state index in [0.29, 0.717) is 0 Å². The van der Waals surface area contributed by atoms with Crippen molar-refractivity contribution in [1.82, 2.24) is 4.90 Å². The fourth-order valence-electron chi connectivity index (χ4n) is 1.68. The molecule has 0 saturated carbocycles. The van der Waals surface area contributed by atoms with E-state index in [0.717, 1.165) is 11.4 Å². The second-order valence-electron chi connectivity index (χ2n) is 4.15. The van der Waals surface area contributed by atoms with Crippen molar-refractivity contribution in [3.05, 3.63) is 48.0 Å². The maximum Gasteiger partial charge on any atom is 0.0818 e. The third-order valence-corrected chi connectivity index (χ3v) is 3.18. The summed E-state index contributed by atoms with van der Waals surface area (Å²) < 4.78 is 0. The number of fused-ring (bicyclic) bond motifs is 1. The van der Waals surface area contributed by atoms with Gasteiger partial charge in [0.05, 0.1) is 4.99 Å². The van der Waals surface area contributed by atoms with E-state index in [1.54, 1.807) is 0 Å². The number of hydrogen-bond donors (Lipinski definition) is 0. The molecule has 0 heterocycles. The van der Waals surface area contributed by atoms with Crippen molar-refractivity contribution in [1.29, 1.82) is 0 Å². The molecule has 2 rings (SSSR count). The monoisotopic (exact) mass is 229 g/mol. The lowest BCUT2D eigenvalue weighted by Crippen LogP contribution is -2.21. The van der Waals surface area contributed by atoms with Gasteiger partial charge in [-0.25, -0.2) is 0 Å². The molecular weight excluding hydrogens is 214 g/mol. The molecule has 0 saturated heterocycles. The molecule has 0 radical (unpaired) electrons. The number of likely N-dealkylation sites (N-methyl/N-ethyl adjacent to an activating group) is 1. The molecule has 1 nitrogen and oxygen atoms in total. The van der Waals surface area contributed by atoms with Crippen molar-refractivity contribution in [2.45, 2.75) is 6.42 Å². The Balaban J connectivity index is 2.29. The summed E-state index contributed by atoms with van der Waals surface area (Å²) in [7, 11) is 3.98. The van der Waals surface area contributed by atoms with Gasteiger partial charge in [0.2, 0.25) is 0 Å². The Morgan fingerprint density at radius 2 is 1.75 bits per heavy atom. The number of rotatable bonds is 2. The Labute approximate surface area is 102 Å². The van der Waals surface area contributed by atoms with E-state index >= 15 is 0 Å². The maximum absolute atomic E-state index is 5.31. The van der Waals surface area contributed by atoms with Crippen LogP contribution in [-0.2, 0) is 6.42 Å². The molecule has 2 heteroatoms. The lowest BCUT2D eigenvalue weighted by molar-refractivity contribution is 0.624. The summed E-state index contributed by atoms with van der Waals surface area (Å²) in [5, 5.41) is 2.56. The maximum atomic E-state index is 5.31. The molecular formula is C14H15NS. The highest BCUT2D eigenvalue weighted by Crippen LogP contribution is 2.16. The fourth-order valence-corrected chi connectivity index (χ4v) is 1.85. The van der Waals surface area contributed by atoms with Crippen LogP contribution >= 0.6 is 12.2 Å². The zero-order valence-corrected chi connectivity index (χ0v) is 10.4. The summed E-state index contributed by atoms with van der Waals surface area (Å²) >= 11 is 5.31. The first-order valence-corrected chi connectivity index (χ1v) is 5.75. The molecule has 0 unspecified atom stereocenters. The van der Waals surface area contributed by atoms with Crippen LogP contribution in [0.5, 0.6) is 0 Å². The van der Waals surface area contributed by atoms with E-state index in [-0.39, 0.29) is 0 Å². The molecule has 0 fully saturated rings. The molecule has 0 bridgehead atoms. The van der Waals surface area contributed by atoms with E-state index in [1.807, 2.05) is 19.0 Å². The van der Waals surface area contributed by atoms with Crippen LogP contribution in [0.1, 0.15) is 5.56 Å². The van der Waals surface area contributed by atoms with Gasteiger partial charge >= 0.3 is 0 Å². The van der Waals surface area contributed by atoms with E-state index in [2.05, 4.69) is 42.5 Å². The summed E-state index contributed by atoms with van der Waals surface area (Å²) in [6.07, 6.45) is 0.840. The van der Waals surface area contributed by atoms with Gasteiger partial charge < -0.3 is 4.90 Å². The van der Waals surface area contributed by atoms with Crippen LogP contribution in [0.3, 0.4) is 0 Å². The lowest BCUT2D eigenvalue weighted by Gasteiger charge is -2.13. The van der Waals surface area contributed by atoms with Crippen molar-refractivity contribution in [2.75, 3.05) is 14.1 Å². The van der Waals surface area contributed by atoms with Gasteiger partial charge in [0, 0.05) is 20.5 Å². The van der Waals surface area contributed by atoms with Gasteiger partial charge in [0.25, 0.3) is 0 Å². The Morgan fingerprint density at radius 1 is 1.06 bits per heavy atom. The van der Waals surface area contributed by atoms with Crippen molar-refractivity contribution in [2.24, 2.45) is 0 Å². The average Bonchev–Trinajstić information content (AvgIpc) is 2.28. The standard InChI is InChI=1S/C14H15NS/c1-15(2)14(16)10-11-7-8-12-5-3-4-6-13(12)9-11/h3-9H,10H2,1-2H3. The molecule has 0 atom stereocenters. The van der Waals surface area contributed by atoms with Crippen molar-refractivity contribution in [3.63, 3.8) is 0 Å². The second-order valence-corrected chi connectivity index (χ2v) is 4.62. The summed E-state index contributed by atoms with van der Waals surface area (Å²) in [5.41, 5.74) is 1.28. The predicted molar refractivity (Wildman–Crippen MR) is 73.9 cm³/mol. The largest absolute Gasteiger partial charge is 0.372 e. The predicted octanol–water partition coefficient (Wildman–Crippen LogP) is 3.27. The van der Waals surface area contributed by atoms with Crippen LogP contribution < -0.4 is 0 Å². The van der Waals surface area contributed by atoms with Gasteiger partial charge in [-0.2, -0.15) is 0 Å². The van der Waals surface area contributed by atoms with Crippen LogP contribution in [-0.4, -0.2) is 24.0 Å². The van der Waals surface area contributed by atoms with E-state index in [9.17, 15) is 0 Å². The van der Waals surface area contributed by atoms with Gasteiger partial charge in [-0.3, -0.25) is 0 Å². The lowest BCUT2D eigenvalue weighted by atomic mass is 10.1. The zero-order chi connectivity index (χ0) is 11.5. The molecule has 2 aromatic rings. The van der Waals surface area contributed by atoms with Gasteiger partial charge in [0.1, 0.15) is 0 Å². The normalized spacial score (nSPS) is 10.4. The van der Waals surface area contributed by atoms with E-state index in [4.69, 9.17) is 12.2 Å². The molecule has 0 N–H and O–H groups in total. The van der Waals surface area contributed by atoms with Crippen LogP contribution in [0.2, 0.25) is 0 Å². The minimum atomic E-state index is 0.840. The molecule has 0 amide bonds. The average molecular weight is 229 g/mol. The van der Waals surface area contributed by atoms with Crippen LogP contribution in [0.4, 0.5) is 0 Å². The molecule has 0 spiro atoms. The third kappa shape index (κ3) is 2.39. The number of hydrogen-bond acceptors (Lipinski definition) is 1. The smallest absolute Gasteiger partial charge is 0.0818 e. The van der Waals surface area contributed by atoms with Crippen LogP contribution in [0, 0.1) is 0 Å². The highest BCUT2D eigenvalue weighted by atomic mass is 32.1. The second kappa shape index (κ2) is 4.62. The Bertz CT molecular complexity index is 517. The summed E-state index contributed by atoms with van der Waals surface area (Å²) in [6.45, 7) is 0. The molecule has 2 aromatic carbocycles. The molecule has 0 aliphatic rings. The first-order chi connectivity index (χ1) is 7.66. The molecule has 16 heavy (non-hydrogen) atoms. The number of benzene rings is 2. The van der Waals surface area contributed by atoms with E-state index in [1.165, 1.54) is 16.3 Å². The van der Waals surface area contributed by atoms with E-state index < -0.39 is 0 Å². The summed E-state index contributed by atoms with van der Waals surface area (Å²) in [4.78, 5) is 2.96. The van der Waals surface area contributed by atoms with Crippen molar-refractivity contribution >= 4 is 28.0 Å². The number of thiocarbonyl (C=S) groups is 1. The van der Waals surface area contributed by atoms with Gasteiger partial charge in [-0.05, 0) is 16.3 Å². The topological polar surface area (TPSA) is 3.24 Å². The Hall–Kier alpha value is -1.41. The third-order valence-electron chi connectivity index (χ3n) is 2.67. The van der Waals surface area contributed by atoms with Gasteiger partial charge in [-0.15, -0.1) is 0 Å². The SMILES string of the molecule is CN(C)C(=S)Cc1ccc2ccccc2c1. The Kier molecular flexibility index (Phi) is 3.20. The first kappa shape index (κ1) is 11.1. The summed E-state index contributed by atoms with van der Waals surface area (Å²) in [6, 6.07) is 14.9. The number of nitrogens with zero attached hydrogens (tertiary/aromatic N) is 1. The molecule has 82 valence electrons. The Morgan fingerprint density at radius 3 is 2.44 bits per heavy atom. The fraction of sp³-hybridized carbons (Fsp3) is 0.214. The van der Waals surface area contributed by atoms with Crippen molar-refractivity contribution < 1.29 is 0 Å². The van der Waals surface area contributed by atoms with Crippen LogP contribution in [0.25, 0.3) is 10.8 Å². The minimum Gasteiger partial charge on any atom is -0.372 e. The van der Waals surface area contributed by atoms with Gasteiger partial charge in [0.15, 0.2) is 0 Å². The summed E-state index contributed by atoms with van der Waals surface area (Å²) in [5.74, 6) is 0. The van der Waals surface area contributed by atoms with Gasteiger partial charge in [-0.1, -0.05) is 54.7 Å². The molecule has 0 aliphatic carbocycles. The first-order valence-electron chi connectivity index (χ1n) is 5.34. The van der Waals surface area contributed by atoms with Crippen LogP contribution in [0.15, 0.2) is 42.5 Å². The highest BCUT2D eigenvalue weighted by Gasteiger charge is 2.02. The molecule has 0 aromatic heterocycles.